The molecule has 5 heteroatoms. The molecule has 88 valence electrons. The van der Waals surface area contributed by atoms with Crippen LogP contribution in [0.5, 0.6) is 6.01 Å². The van der Waals surface area contributed by atoms with Crippen molar-refractivity contribution in [2.24, 2.45) is 0 Å². The highest BCUT2D eigenvalue weighted by molar-refractivity contribution is 5.79. The Labute approximate surface area is 99.3 Å². The Morgan fingerprint density at radius 1 is 1.47 bits per heavy atom. The minimum Gasteiger partial charge on any atom is -0.480 e. The second-order valence-corrected chi connectivity index (χ2v) is 3.91. The van der Waals surface area contributed by atoms with Crippen molar-refractivity contribution in [3.63, 3.8) is 0 Å². The summed E-state index contributed by atoms with van der Waals surface area (Å²) in [6, 6.07) is 3.68. The highest BCUT2D eigenvalue weighted by Crippen LogP contribution is 2.22. The van der Waals surface area contributed by atoms with E-state index in [0.717, 1.165) is 19.3 Å². The number of pyridine rings is 1. The average molecular weight is 230 g/mol. The Hall–Kier alpha value is -2.09. The summed E-state index contributed by atoms with van der Waals surface area (Å²) in [6.45, 7) is 2.78. The summed E-state index contributed by atoms with van der Waals surface area (Å²) in [5, 5.41) is 18.8. The number of rotatable bonds is 4. The van der Waals surface area contributed by atoms with Gasteiger partial charge in [0.05, 0.1) is 5.56 Å². The molecular formula is C12H14N4O. The number of aromatic nitrogens is 3. The molecule has 0 spiro atoms. The molecule has 0 unspecified atom stereocenters. The van der Waals surface area contributed by atoms with E-state index in [2.05, 4.69) is 23.0 Å². The second kappa shape index (κ2) is 4.83. The van der Waals surface area contributed by atoms with Crippen LogP contribution in [0.25, 0.3) is 11.2 Å². The third kappa shape index (κ3) is 2.07. The number of hydrogen-bond acceptors (Lipinski definition) is 4. The van der Waals surface area contributed by atoms with E-state index in [9.17, 15) is 5.11 Å². The number of aromatic hydroxyl groups is 1. The minimum atomic E-state index is -0.0636. The van der Waals surface area contributed by atoms with Gasteiger partial charge in [-0.15, -0.1) is 0 Å². The van der Waals surface area contributed by atoms with Gasteiger partial charge in [-0.05, 0) is 12.5 Å². The molecule has 2 rings (SSSR count). The van der Waals surface area contributed by atoms with E-state index in [4.69, 9.17) is 5.26 Å². The van der Waals surface area contributed by atoms with Gasteiger partial charge in [-0.3, -0.25) is 4.57 Å². The second-order valence-electron chi connectivity index (χ2n) is 3.91. The number of unbranched alkanes of at least 4 members (excludes halogenated alkanes) is 2. The maximum atomic E-state index is 9.76. The first-order valence-electron chi connectivity index (χ1n) is 5.72. The lowest BCUT2D eigenvalue weighted by Crippen LogP contribution is -1.99. The van der Waals surface area contributed by atoms with Crippen LogP contribution in [0.2, 0.25) is 0 Å². The molecule has 2 aromatic rings. The fourth-order valence-electron chi connectivity index (χ4n) is 1.87. The van der Waals surface area contributed by atoms with E-state index in [1.54, 1.807) is 10.6 Å². The number of nitrogens with zero attached hydrogens (tertiary/aromatic N) is 4. The summed E-state index contributed by atoms with van der Waals surface area (Å²) >= 11 is 0. The Morgan fingerprint density at radius 3 is 3.00 bits per heavy atom. The van der Waals surface area contributed by atoms with Crippen molar-refractivity contribution in [1.29, 1.82) is 5.26 Å². The lowest BCUT2D eigenvalue weighted by Gasteiger charge is -2.05. The topological polar surface area (TPSA) is 74.7 Å². The molecule has 5 nitrogen and oxygen atoms in total. The van der Waals surface area contributed by atoms with Gasteiger partial charge in [0.2, 0.25) is 0 Å². The van der Waals surface area contributed by atoms with Crippen molar-refractivity contribution >= 4 is 11.2 Å². The molecule has 2 aromatic heterocycles. The van der Waals surface area contributed by atoms with Crippen LogP contribution < -0.4 is 0 Å². The molecule has 0 atom stereocenters. The van der Waals surface area contributed by atoms with Crippen LogP contribution in [0.1, 0.15) is 31.7 Å². The first-order valence-corrected chi connectivity index (χ1v) is 5.72. The number of fused-ring (bicyclic) bond motifs is 1. The van der Waals surface area contributed by atoms with E-state index in [1.165, 1.54) is 6.20 Å². The third-order valence-electron chi connectivity index (χ3n) is 2.73. The van der Waals surface area contributed by atoms with Crippen LogP contribution >= 0.6 is 0 Å². The lowest BCUT2D eigenvalue weighted by molar-refractivity contribution is 0.397. The van der Waals surface area contributed by atoms with Crippen molar-refractivity contribution in [3.8, 4) is 12.1 Å². The third-order valence-corrected chi connectivity index (χ3v) is 2.73. The largest absolute Gasteiger partial charge is 0.480 e. The predicted molar refractivity (Wildman–Crippen MR) is 63.4 cm³/mol. The van der Waals surface area contributed by atoms with Gasteiger partial charge in [0.15, 0.2) is 5.65 Å². The zero-order valence-corrected chi connectivity index (χ0v) is 9.72. The minimum absolute atomic E-state index is 0.0636. The molecule has 0 saturated carbocycles. The summed E-state index contributed by atoms with van der Waals surface area (Å²) < 4.78 is 1.66. The van der Waals surface area contributed by atoms with Crippen LogP contribution in [-0.2, 0) is 6.54 Å². The van der Waals surface area contributed by atoms with Crippen LogP contribution in [-0.4, -0.2) is 19.6 Å². The summed E-state index contributed by atoms with van der Waals surface area (Å²) in [6.07, 6.45) is 4.68. The van der Waals surface area contributed by atoms with Crippen LogP contribution in [0, 0.1) is 11.3 Å². The zero-order chi connectivity index (χ0) is 12.3. The highest BCUT2D eigenvalue weighted by Gasteiger charge is 2.13. The molecule has 0 aliphatic heterocycles. The SMILES string of the molecule is CCCCCn1c(O)nc2nccc(C#N)c21. The first kappa shape index (κ1) is 11.4. The molecule has 0 amide bonds. The lowest BCUT2D eigenvalue weighted by atomic mass is 10.2. The van der Waals surface area contributed by atoms with E-state index in [0.29, 0.717) is 23.3 Å². The summed E-state index contributed by atoms with van der Waals surface area (Å²) in [5.74, 6) is 0. The van der Waals surface area contributed by atoms with Crippen LogP contribution in [0.4, 0.5) is 0 Å². The molecule has 0 aliphatic rings. The Morgan fingerprint density at radius 2 is 2.29 bits per heavy atom. The van der Waals surface area contributed by atoms with E-state index < -0.39 is 0 Å². The maximum Gasteiger partial charge on any atom is 0.296 e. The number of hydrogen-bond donors (Lipinski definition) is 1. The van der Waals surface area contributed by atoms with Gasteiger partial charge in [0.25, 0.3) is 6.01 Å². The number of imidazole rings is 1. The van der Waals surface area contributed by atoms with Gasteiger partial charge in [0, 0.05) is 12.7 Å². The molecule has 0 fully saturated rings. The molecule has 0 saturated heterocycles. The average Bonchev–Trinajstić information content (AvgIpc) is 2.66. The monoisotopic (exact) mass is 230 g/mol. The van der Waals surface area contributed by atoms with Crippen molar-refractivity contribution in [3.05, 3.63) is 17.8 Å². The Kier molecular flexibility index (Phi) is 3.24. The Balaban J connectivity index is 2.46. The van der Waals surface area contributed by atoms with E-state index in [-0.39, 0.29) is 6.01 Å². The zero-order valence-electron chi connectivity index (χ0n) is 9.72. The van der Waals surface area contributed by atoms with Gasteiger partial charge in [-0.2, -0.15) is 10.2 Å². The molecule has 0 radical (unpaired) electrons. The van der Waals surface area contributed by atoms with E-state index in [1.807, 2.05) is 0 Å². The number of aryl methyl sites for hydroxylation is 1. The first-order chi connectivity index (χ1) is 8.27. The Bertz CT molecular complexity index is 568. The molecule has 0 aromatic carbocycles. The van der Waals surface area contributed by atoms with Crippen LogP contribution in [0.3, 0.4) is 0 Å². The molecule has 1 N–H and O–H groups in total. The fourth-order valence-corrected chi connectivity index (χ4v) is 1.87. The molecule has 0 aliphatic carbocycles. The normalized spacial score (nSPS) is 10.6. The van der Waals surface area contributed by atoms with Gasteiger partial charge < -0.3 is 5.11 Å². The van der Waals surface area contributed by atoms with Crippen molar-refractivity contribution in [2.45, 2.75) is 32.7 Å². The van der Waals surface area contributed by atoms with E-state index >= 15 is 0 Å². The molecule has 0 bridgehead atoms. The number of nitriles is 1. The molecule has 17 heavy (non-hydrogen) atoms. The van der Waals surface area contributed by atoms with Crippen molar-refractivity contribution < 1.29 is 5.11 Å². The van der Waals surface area contributed by atoms with Gasteiger partial charge >= 0.3 is 0 Å². The van der Waals surface area contributed by atoms with Crippen molar-refractivity contribution in [2.75, 3.05) is 0 Å². The summed E-state index contributed by atoms with van der Waals surface area (Å²) in [7, 11) is 0. The molecule has 2 heterocycles. The summed E-state index contributed by atoms with van der Waals surface area (Å²) in [4.78, 5) is 8.01. The van der Waals surface area contributed by atoms with Crippen molar-refractivity contribution in [1.82, 2.24) is 14.5 Å². The highest BCUT2D eigenvalue weighted by atomic mass is 16.3. The standard InChI is InChI=1S/C12H14N4O/c1-2-3-4-7-16-10-9(8-13)5-6-14-11(10)15-12(16)17/h5-6H,2-4,7H2,1H3,(H,14,15,17). The molecular weight excluding hydrogens is 216 g/mol. The summed E-state index contributed by atoms with van der Waals surface area (Å²) in [5.41, 5.74) is 1.56. The smallest absolute Gasteiger partial charge is 0.296 e. The quantitative estimate of drug-likeness (QED) is 0.817. The maximum absolute atomic E-state index is 9.76. The van der Waals surface area contributed by atoms with Gasteiger partial charge in [-0.1, -0.05) is 19.8 Å². The van der Waals surface area contributed by atoms with Gasteiger partial charge in [0.1, 0.15) is 11.6 Å². The van der Waals surface area contributed by atoms with Crippen LogP contribution in [0.15, 0.2) is 12.3 Å². The fraction of sp³-hybridized carbons (Fsp3) is 0.417. The van der Waals surface area contributed by atoms with Gasteiger partial charge in [-0.25, -0.2) is 4.98 Å². The predicted octanol–water partition coefficient (Wildman–Crippen LogP) is 2.20.